The summed E-state index contributed by atoms with van der Waals surface area (Å²) in [6, 6.07) is 15.1. The third kappa shape index (κ3) is 4.34. The Bertz CT molecular complexity index is 962. The smallest absolute Gasteiger partial charge is 0.224 e. The van der Waals surface area contributed by atoms with Crippen molar-refractivity contribution >= 4 is 11.6 Å². The molecule has 0 aliphatic heterocycles. The van der Waals surface area contributed by atoms with Gasteiger partial charge >= 0.3 is 0 Å². The molecule has 0 radical (unpaired) electrons. The number of ether oxygens (including phenoxy) is 2. The summed E-state index contributed by atoms with van der Waals surface area (Å²) in [4.78, 5) is 12.3. The van der Waals surface area contributed by atoms with Crippen molar-refractivity contribution < 1.29 is 14.3 Å². The molecule has 6 nitrogen and oxygen atoms in total. The van der Waals surface area contributed by atoms with Crippen LogP contribution in [0.1, 0.15) is 23.4 Å². The highest BCUT2D eigenvalue weighted by Crippen LogP contribution is 2.22. The van der Waals surface area contributed by atoms with Crippen molar-refractivity contribution in [1.29, 1.82) is 0 Å². The number of carbonyl (C=O) groups is 1. The van der Waals surface area contributed by atoms with Crippen LogP contribution in [0.25, 0.3) is 5.69 Å². The summed E-state index contributed by atoms with van der Waals surface area (Å²) in [5.41, 5.74) is 4.74. The number of benzene rings is 2. The molecule has 0 atom stereocenters. The molecule has 1 amide bonds. The van der Waals surface area contributed by atoms with Gasteiger partial charge in [0.15, 0.2) is 0 Å². The second-order valence-corrected chi connectivity index (χ2v) is 6.54. The maximum Gasteiger partial charge on any atom is 0.224 e. The summed E-state index contributed by atoms with van der Waals surface area (Å²) in [6.45, 7) is 4.00. The average Bonchev–Trinajstić information content (AvgIpc) is 3.00. The molecule has 0 aliphatic carbocycles. The Morgan fingerprint density at radius 1 is 1.04 bits per heavy atom. The molecule has 0 saturated carbocycles. The first kappa shape index (κ1) is 19.5. The van der Waals surface area contributed by atoms with Crippen LogP contribution in [0.3, 0.4) is 0 Å². The Hall–Kier alpha value is -3.28. The topological polar surface area (TPSA) is 65.4 Å². The van der Waals surface area contributed by atoms with Crippen LogP contribution >= 0.6 is 0 Å². The minimum Gasteiger partial charge on any atom is -0.497 e. The number of amides is 1. The van der Waals surface area contributed by atoms with Gasteiger partial charge in [0.05, 0.1) is 25.6 Å². The predicted molar refractivity (Wildman–Crippen MR) is 110 cm³/mol. The Balaban J connectivity index is 1.68. The third-order valence-corrected chi connectivity index (χ3v) is 4.71. The van der Waals surface area contributed by atoms with Gasteiger partial charge < -0.3 is 14.8 Å². The van der Waals surface area contributed by atoms with Crippen LogP contribution in [0.4, 0.5) is 5.69 Å². The van der Waals surface area contributed by atoms with Crippen LogP contribution < -0.4 is 14.8 Å². The fraction of sp³-hybridized carbons (Fsp3) is 0.273. The molecular weight excluding hydrogens is 354 g/mol. The van der Waals surface area contributed by atoms with E-state index in [0.717, 1.165) is 39.8 Å². The van der Waals surface area contributed by atoms with Gasteiger partial charge in [0.25, 0.3) is 0 Å². The zero-order chi connectivity index (χ0) is 20.1. The molecule has 0 unspecified atom stereocenters. The van der Waals surface area contributed by atoms with Gasteiger partial charge in [0, 0.05) is 23.9 Å². The summed E-state index contributed by atoms with van der Waals surface area (Å²) in [5, 5.41) is 7.57. The van der Waals surface area contributed by atoms with E-state index in [2.05, 4.69) is 10.4 Å². The van der Waals surface area contributed by atoms with E-state index in [9.17, 15) is 4.79 Å². The van der Waals surface area contributed by atoms with E-state index in [4.69, 9.17) is 9.47 Å². The molecule has 6 heteroatoms. The predicted octanol–water partition coefficient (Wildman–Crippen LogP) is 4.08. The zero-order valence-electron chi connectivity index (χ0n) is 16.7. The van der Waals surface area contributed by atoms with Crippen molar-refractivity contribution in [2.45, 2.75) is 26.7 Å². The molecule has 2 aromatic carbocycles. The third-order valence-electron chi connectivity index (χ3n) is 4.71. The van der Waals surface area contributed by atoms with E-state index < -0.39 is 0 Å². The Labute approximate surface area is 165 Å². The molecule has 1 aromatic heterocycles. The van der Waals surface area contributed by atoms with Gasteiger partial charge in [-0.2, -0.15) is 5.10 Å². The molecule has 0 bridgehead atoms. The fourth-order valence-electron chi connectivity index (χ4n) is 3.17. The standard InChI is InChI=1S/C22H25N3O3/c1-15-21(12-13-22(26)23-17-8-10-19(27-3)11-9-17)16(2)25(24-15)18-6-5-7-20(14-18)28-4/h5-11,14H,12-13H2,1-4H3,(H,23,26). The van der Waals surface area contributed by atoms with Crippen molar-refractivity contribution in [3.8, 4) is 17.2 Å². The minimum absolute atomic E-state index is 0.0295. The molecule has 28 heavy (non-hydrogen) atoms. The summed E-state index contributed by atoms with van der Waals surface area (Å²) in [5.74, 6) is 1.51. The lowest BCUT2D eigenvalue weighted by Crippen LogP contribution is -2.12. The molecule has 0 aliphatic rings. The molecule has 3 aromatic rings. The monoisotopic (exact) mass is 379 g/mol. The highest BCUT2D eigenvalue weighted by atomic mass is 16.5. The number of carbonyl (C=O) groups excluding carboxylic acids is 1. The van der Waals surface area contributed by atoms with Gasteiger partial charge in [0.2, 0.25) is 5.91 Å². The van der Waals surface area contributed by atoms with E-state index in [0.29, 0.717) is 12.8 Å². The molecule has 0 fully saturated rings. The van der Waals surface area contributed by atoms with Crippen LogP contribution in [0.15, 0.2) is 48.5 Å². The van der Waals surface area contributed by atoms with Gasteiger partial charge in [-0.1, -0.05) is 6.07 Å². The Kier molecular flexibility index (Phi) is 5.99. The number of nitrogens with zero attached hydrogens (tertiary/aromatic N) is 2. The number of hydrogen-bond donors (Lipinski definition) is 1. The quantitative estimate of drug-likeness (QED) is 0.672. The molecular formula is C22H25N3O3. The Morgan fingerprint density at radius 2 is 1.75 bits per heavy atom. The number of nitrogens with one attached hydrogen (secondary N) is 1. The van der Waals surface area contributed by atoms with Crippen molar-refractivity contribution in [1.82, 2.24) is 9.78 Å². The number of aromatic nitrogens is 2. The van der Waals surface area contributed by atoms with E-state index in [-0.39, 0.29) is 5.91 Å². The molecule has 0 spiro atoms. The highest BCUT2D eigenvalue weighted by Gasteiger charge is 2.14. The van der Waals surface area contributed by atoms with E-state index in [1.165, 1.54) is 0 Å². The molecule has 3 rings (SSSR count). The normalized spacial score (nSPS) is 10.6. The molecule has 0 saturated heterocycles. The van der Waals surface area contributed by atoms with Crippen molar-refractivity contribution in [2.24, 2.45) is 0 Å². The highest BCUT2D eigenvalue weighted by molar-refractivity contribution is 5.90. The number of methoxy groups -OCH3 is 2. The first-order valence-corrected chi connectivity index (χ1v) is 9.15. The van der Waals surface area contributed by atoms with Gasteiger partial charge in [-0.15, -0.1) is 0 Å². The fourth-order valence-corrected chi connectivity index (χ4v) is 3.17. The zero-order valence-corrected chi connectivity index (χ0v) is 16.7. The lowest BCUT2D eigenvalue weighted by atomic mass is 10.1. The van der Waals surface area contributed by atoms with Crippen LogP contribution in [0.2, 0.25) is 0 Å². The number of hydrogen-bond acceptors (Lipinski definition) is 4. The maximum absolute atomic E-state index is 12.3. The van der Waals surface area contributed by atoms with Crippen molar-refractivity contribution in [3.63, 3.8) is 0 Å². The number of aryl methyl sites for hydroxylation is 1. The summed E-state index contributed by atoms with van der Waals surface area (Å²) < 4.78 is 12.3. The van der Waals surface area contributed by atoms with Gasteiger partial charge in [-0.25, -0.2) is 4.68 Å². The molecule has 146 valence electrons. The van der Waals surface area contributed by atoms with E-state index in [1.807, 2.05) is 67.1 Å². The average molecular weight is 379 g/mol. The first-order chi connectivity index (χ1) is 13.5. The van der Waals surface area contributed by atoms with Crippen LogP contribution in [-0.2, 0) is 11.2 Å². The van der Waals surface area contributed by atoms with E-state index >= 15 is 0 Å². The van der Waals surface area contributed by atoms with Crippen LogP contribution in [0, 0.1) is 13.8 Å². The Morgan fingerprint density at radius 3 is 2.43 bits per heavy atom. The van der Waals surface area contributed by atoms with E-state index in [1.54, 1.807) is 14.2 Å². The van der Waals surface area contributed by atoms with Crippen LogP contribution in [0.5, 0.6) is 11.5 Å². The number of anilines is 1. The molecule has 1 N–H and O–H groups in total. The number of rotatable bonds is 7. The first-order valence-electron chi connectivity index (χ1n) is 9.15. The van der Waals surface area contributed by atoms with Crippen LogP contribution in [-0.4, -0.2) is 29.9 Å². The maximum atomic E-state index is 12.3. The summed E-state index contributed by atoms with van der Waals surface area (Å²) >= 11 is 0. The summed E-state index contributed by atoms with van der Waals surface area (Å²) in [7, 11) is 3.26. The molecule has 1 heterocycles. The van der Waals surface area contributed by atoms with Crippen molar-refractivity contribution in [3.05, 3.63) is 65.5 Å². The van der Waals surface area contributed by atoms with Gasteiger partial charge in [-0.05, 0) is 62.2 Å². The second kappa shape index (κ2) is 8.61. The lowest BCUT2D eigenvalue weighted by molar-refractivity contribution is -0.116. The van der Waals surface area contributed by atoms with Gasteiger partial charge in [0.1, 0.15) is 11.5 Å². The van der Waals surface area contributed by atoms with Gasteiger partial charge in [-0.3, -0.25) is 4.79 Å². The second-order valence-electron chi connectivity index (χ2n) is 6.54. The van der Waals surface area contributed by atoms with Crippen molar-refractivity contribution in [2.75, 3.05) is 19.5 Å². The summed E-state index contributed by atoms with van der Waals surface area (Å²) in [6.07, 6.45) is 1.02. The largest absolute Gasteiger partial charge is 0.497 e. The SMILES string of the molecule is COc1ccc(NC(=O)CCc2c(C)nn(-c3cccc(OC)c3)c2C)cc1. The lowest BCUT2D eigenvalue weighted by Gasteiger charge is -2.08. The minimum atomic E-state index is -0.0295.